The lowest BCUT2D eigenvalue weighted by Crippen LogP contribution is -2.18. The number of aromatic nitrogens is 4. The lowest BCUT2D eigenvalue weighted by atomic mass is 10.1. The summed E-state index contributed by atoms with van der Waals surface area (Å²) in [6.07, 6.45) is 3.16. The highest BCUT2D eigenvalue weighted by Crippen LogP contribution is 2.29. The van der Waals surface area contributed by atoms with Crippen molar-refractivity contribution in [2.45, 2.75) is 24.7 Å². The Bertz CT molecular complexity index is 1080. The first-order valence-corrected chi connectivity index (χ1v) is 10.8. The molecule has 2 aromatic heterocycles. The summed E-state index contributed by atoms with van der Waals surface area (Å²) in [5.41, 5.74) is 1.50. The normalized spacial score (nSPS) is 11.6. The van der Waals surface area contributed by atoms with Crippen LogP contribution in [-0.2, 0) is 10.0 Å². The molecular weight excluding hydrogens is 444 g/mol. The van der Waals surface area contributed by atoms with Crippen LogP contribution in [0.25, 0.3) is 5.95 Å². The molecule has 10 heteroatoms. The first-order chi connectivity index (χ1) is 13.2. The van der Waals surface area contributed by atoms with E-state index in [1.165, 1.54) is 4.68 Å². The predicted molar refractivity (Wildman–Crippen MR) is 113 cm³/mol. The molecule has 0 unspecified atom stereocenters. The van der Waals surface area contributed by atoms with Gasteiger partial charge in [0.15, 0.2) is 0 Å². The standard InChI is InChI=1S/C18H21BrN6O2S/c1-12(2)15-11-17(25(22-15)18-20-8-5-9-21-18)23-28(26,27)16-10-13(24(3)4)6-7-14(16)19/h5-12,23H,1-4H3. The maximum absolute atomic E-state index is 13.1. The molecule has 0 spiro atoms. The molecule has 148 valence electrons. The van der Waals surface area contributed by atoms with E-state index in [1.807, 2.05) is 38.9 Å². The van der Waals surface area contributed by atoms with E-state index < -0.39 is 10.0 Å². The fourth-order valence-electron chi connectivity index (χ4n) is 2.48. The zero-order valence-corrected chi connectivity index (χ0v) is 18.4. The molecule has 0 saturated carbocycles. The zero-order valence-electron chi connectivity index (χ0n) is 16.0. The van der Waals surface area contributed by atoms with Crippen molar-refractivity contribution in [2.75, 3.05) is 23.7 Å². The molecule has 8 nitrogen and oxygen atoms in total. The number of sulfonamides is 1. The van der Waals surface area contributed by atoms with Gasteiger partial charge in [-0.2, -0.15) is 9.78 Å². The van der Waals surface area contributed by atoms with E-state index >= 15 is 0 Å². The lowest BCUT2D eigenvalue weighted by Gasteiger charge is -2.16. The largest absolute Gasteiger partial charge is 0.378 e. The van der Waals surface area contributed by atoms with Crippen LogP contribution in [0.1, 0.15) is 25.5 Å². The molecule has 0 saturated heterocycles. The van der Waals surface area contributed by atoms with E-state index in [9.17, 15) is 8.42 Å². The Morgan fingerprint density at radius 1 is 1.14 bits per heavy atom. The van der Waals surface area contributed by atoms with Gasteiger partial charge >= 0.3 is 0 Å². The first kappa shape index (κ1) is 20.3. The molecule has 28 heavy (non-hydrogen) atoms. The summed E-state index contributed by atoms with van der Waals surface area (Å²) in [6, 6.07) is 8.53. The highest BCUT2D eigenvalue weighted by Gasteiger charge is 2.23. The number of hydrogen-bond donors (Lipinski definition) is 1. The number of rotatable bonds is 6. The molecular formula is C18H21BrN6O2S. The van der Waals surface area contributed by atoms with Gasteiger partial charge in [0.2, 0.25) is 0 Å². The minimum absolute atomic E-state index is 0.108. The predicted octanol–water partition coefficient (Wildman–Crippen LogP) is 3.42. The first-order valence-electron chi connectivity index (χ1n) is 8.56. The summed E-state index contributed by atoms with van der Waals surface area (Å²) in [7, 11) is -0.181. The SMILES string of the molecule is CC(C)c1cc(NS(=O)(=O)c2cc(N(C)C)ccc2Br)n(-c2ncccn2)n1. The number of nitrogens with one attached hydrogen (secondary N) is 1. The number of nitrogens with zero attached hydrogens (tertiary/aromatic N) is 5. The lowest BCUT2D eigenvalue weighted by molar-refractivity contribution is 0.600. The third kappa shape index (κ3) is 4.17. The molecule has 3 aromatic rings. The van der Waals surface area contributed by atoms with Crippen LogP contribution >= 0.6 is 15.9 Å². The second kappa shape index (κ2) is 7.88. The van der Waals surface area contributed by atoms with E-state index in [2.05, 4.69) is 35.7 Å². The summed E-state index contributed by atoms with van der Waals surface area (Å²) in [4.78, 5) is 10.3. The average molecular weight is 465 g/mol. The molecule has 0 fully saturated rings. The van der Waals surface area contributed by atoms with Crippen LogP contribution < -0.4 is 9.62 Å². The summed E-state index contributed by atoms with van der Waals surface area (Å²) in [6.45, 7) is 3.96. The molecule has 1 N–H and O–H groups in total. The number of anilines is 2. The minimum Gasteiger partial charge on any atom is -0.378 e. The Morgan fingerprint density at radius 2 is 1.82 bits per heavy atom. The van der Waals surface area contributed by atoms with E-state index in [1.54, 1.807) is 36.7 Å². The van der Waals surface area contributed by atoms with Crippen molar-refractivity contribution in [2.24, 2.45) is 0 Å². The maximum atomic E-state index is 13.1. The van der Waals surface area contributed by atoms with Crippen molar-refractivity contribution in [1.82, 2.24) is 19.7 Å². The molecule has 3 rings (SSSR count). The van der Waals surface area contributed by atoms with Gasteiger partial charge in [-0.05, 0) is 46.1 Å². The molecule has 0 amide bonds. The van der Waals surface area contributed by atoms with Crippen molar-refractivity contribution >= 4 is 37.5 Å². The topological polar surface area (TPSA) is 93.0 Å². The van der Waals surface area contributed by atoms with Crippen LogP contribution in [0, 0.1) is 0 Å². The molecule has 0 aliphatic heterocycles. The van der Waals surface area contributed by atoms with Crippen LogP contribution in [0.4, 0.5) is 11.5 Å². The molecule has 1 aromatic carbocycles. The summed E-state index contributed by atoms with van der Waals surface area (Å²) in [5, 5.41) is 4.47. The van der Waals surface area contributed by atoms with Gasteiger partial charge in [0.1, 0.15) is 10.7 Å². The molecule has 0 bridgehead atoms. The second-order valence-corrected chi connectivity index (χ2v) is 9.19. The van der Waals surface area contributed by atoms with Gasteiger partial charge in [-0.3, -0.25) is 4.72 Å². The molecule has 0 radical (unpaired) electrons. The van der Waals surface area contributed by atoms with Gasteiger partial charge in [-0.15, -0.1) is 0 Å². The smallest absolute Gasteiger partial charge is 0.264 e. The fourth-order valence-corrected chi connectivity index (χ4v) is 4.49. The third-order valence-electron chi connectivity index (χ3n) is 4.02. The number of benzene rings is 1. The van der Waals surface area contributed by atoms with Crippen LogP contribution in [0.15, 0.2) is 52.1 Å². The molecule has 0 aliphatic carbocycles. The Labute approximate surface area is 172 Å². The van der Waals surface area contributed by atoms with Crippen molar-refractivity contribution < 1.29 is 8.42 Å². The molecule has 0 aliphatic rings. The fraction of sp³-hybridized carbons (Fsp3) is 0.278. The zero-order chi connectivity index (χ0) is 20.5. The Balaban J connectivity index is 2.07. The Hall–Kier alpha value is -2.46. The van der Waals surface area contributed by atoms with Crippen molar-refractivity contribution in [1.29, 1.82) is 0 Å². The maximum Gasteiger partial charge on any atom is 0.264 e. The van der Waals surface area contributed by atoms with Crippen LogP contribution in [-0.4, -0.2) is 42.3 Å². The number of halogens is 1. The van der Waals surface area contributed by atoms with Gasteiger partial charge in [-0.25, -0.2) is 18.4 Å². The molecule has 2 heterocycles. The van der Waals surface area contributed by atoms with Gasteiger partial charge < -0.3 is 4.90 Å². The minimum atomic E-state index is -3.88. The Morgan fingerprint density at radius 3 is 2.43 bits per heavy atom. The Kier molecular flexibility index (Phi) is 5.71. The highest BCUT2D eigenvalue weighted by molar-refractivity contribution is 9.10. The van der Waals surface area contributed by atoms with Crippen LogP contribution in [0.3, 0.4) is 0 Å². The quantitative estimate of drug-likeness (QED) is 0.600. The summed E-state index contributed by atoms with van der Waals surface area (Å²) >= 11 is 3.34. The van der Waals surface area contributed by atoms with Crippen molar-refractivity contribution in [3.05, 3.63) is 52.9 Å². The number of hydrogen-bond acceptors (Lipinski definition) is 6. The molecule has 0 atom stereocenters. The summed E-state index contributed by atoms with van der Waals surface area (Å²) in [5.74, 6) is 0.669. The van der Waals surface area contributed by atoms with E-state index in [0.717, 1.165) is 11.4 Å². The van der Waals surface area contributed by atoms with Crippen molar-refractivity contribution in [3.63, 3.8) is 0 Å². The van der Waals surface area contributed by atoms with Crippen LogP contribution in [0.2, 0.25) is 0 Å². The van der Waals surface area contributed by atoms with E-state index in [0.29, 0.717) is 4.47 Å². The van der Waals surface area contributed by atoms with Crippen molar-refractivity contribution in [3.8, 4) is 5.95 Å². The van der Waals surface area contributed by atoms with Crippen LogP contribution in [0.5, 0.6) is 0 Å². The average Bonchev–Trinajstić information content (AvgIpc) is 3.06. The highest BCUT2D eigenvalue weighted by atomic mass is 79.9. The third-order valence-corrected chi connectivity index (χ3v) is 6.37. The van der Waals surface area contributed by atoms with E-state index in [-0.39, 0.29) is 22.6 Å². The van der Waals surface area contributed by atoms with E-state index in [4.69, 9.17) is 0 Å². The second-order valence-electron chi connectivity index (χ2n) is 6.68. The van der Waals surface area contributed by atoms with Gasteiger partial charge in [0.05, 0.1) is 5.69 Å². The summed E-state index contributed by atoms with van der Waals surface area (Å²) < 4.78 is 30.7. The van der Waals surface area contributed by atoms with Gasteiger partial charge in [0.25, 0.3) is 16.0 Å². The van der Waals surface area contributed by atoms with Gasteiger partial charge in [-0.1, -0.05) is 13.8 Å². The monoisotopic (exact) mass is 464 g/mol. The van der Waals surface area contributed by atoms with Gasteiger partial charge in [0, 0.05) is 42.7 Å².